The van der Waals surface area contributed by atoms with E-state index in [1.54, 1.807) is 35.2 Å². The Morgan fingerprint density at radius 2 is 1.92 bits per heavy atom. The molecule has 24 heavy (non-hydrogen) atoms. The molecule has 0 amide bonds. The van der Waals surface area contributed by atoms with Crippen LogP contribution in [0.2, 0.25) is 0 Å². The Kier molecular flexibility index (Phi) is 4.21. The van der Waals surface area contributed by atoms with Gasteiger partial charge in [-0.05, 0) is 56.3 Å². The Hall–Kier alpha value is -3.26. The average Bonchev–Trinajstić information content (AvgIpc) is 2.88. The van der Waals surface area contributed by atoms with Gasteiger partial charge in [-0.2, -0.15) is 10.4 Å². The molecule has 0 spiro atoms. The summed E-state index contributed by atoms with van der Waals surface area (Å²) in [5.41, 5.74) is 4.40. The molecule has 3 aromatic rings. The fourth-order valence-corrected chi connectivity index (χ4v) is 2.53. The molecule has 0 atom stereocenters. The molecule has 0 aliphatic rings. The lowest BCUT2D eigenvalue weighted by molar-refractivity contribution is 0.627. The molecular weight excluding hydrogens is 303 g/mol. The van der Waals surface area contributed by atoms with Gasteiger partial charge >= 0.3 is 0 Å². The number of rotatable bonds is 3. The van der Waals surface area contributed by atoms with Gasteiger partial charge in [-0.25, -0.2) is 9.07 Å². The van der Waals surface area contributed by atoms with Crippen LogP contribution in [0.5, 0.6) is 0 Å². The van der Waals surface area contributed by atoms with Crippen LogP contribution in [0.15, 0.2) is 48.7 Å². The zero-order valence-electron chi connectivity index (χ0n) is 13.4. The molecule has 0 aliphatic heterocycles. The highest BCUT2D eigenvalue weighted by Gasteiger charge is 2.13. The first-order valence-corrected chi connectivity index (χ1v) is 7.45. The smallest absolute Gasteiger partial charge is 0.123 e. The van der Waals surface area contributed by atoms with Gasteiger partial charge in [0.25, 0.3) is 0 Å². The van der Waals surface area contributed by atoms with E-state index in [4.69, 9.17) is 0 Å². The summed E-state index contributed by atoms with van der Waals surface area (Å²) >= 11 is 0. The summed E-state index contributed by atoms with van der Waals surface area (Å²) in [7, 11) is 0. The van der Waals surface area contributed by atoms with E-state index in [0.29, 0.717) is 11.3 Å². The van der Waals surface area contributed by atoms with Crippen LogP contribution in [-0.2, 0) is 0 Å². The van der Waals surface area contributed by atoms with Crippen molar-refractivity contribution in [2.45, 2.75) is 13.8 Å². The highest BCUT2D eigenvalue weighted by molar-refractivity contribution is 5.89. The van der Waals surface area contributed by atoms with E-state index in [9.17, 15) is 9.65 Å². The van der Waals surface area contributed by atoms with Crippen LogP contribution in [0.4, 0.5) is 4.39 Å². The van der Waals surface area contributed by atoms with E-state index in [1.807, 2.05) is 26.0 Å². The van der Waals surface area contributed by atoms with Gasteiger partial charge in [-0.15, -0.1) is 0 Å². The predicted molar refractivity (Wildman–Crippen MR) is 90.7 cm³/mol. The highest BCUT2D eigenvalue weighted by Crippen LogP contribution is 2.23. The van der Waals surface area contributed by atoms with Crippen LogP contribution in [0.1, 0.15) is 22.6 Å². The van der Waals surface area contributed by atoms with Crippen LogP contribution in [0.3, 0.4) is 0 Å². The summed E-state index contributed by atoms with van der Waals surface area (Å²) in [4.78, 5) is 4.22. The van der Waals surface area contributed by atoms with Crippen molar-refractivity contribution >= 4 is 11.6 Å². The van der Waals surface area contributed by atoms with Crippen molar-refractivity contribution in [2.75, 3.05) is 0 Å². The van der Waals surface area contributed by atoms with Gasteiger partial charge in [-0.3, -0.25) is 4.98 Å². The summed E-state index contributed by atoms with van der Waals surface area (Å²) in [5.74, 6) is -0.290. The van der Waals surface area contributed by atoms with Crippen molar-refractivity contribution in [1.82, 2.24) is 14.8 Å². The molecule has 1 aromatic carbocycles. The van der Waals surface area contributed by atoms with E-state index in [-0.39, 0.29) is 5.82 Å². The first kappa shape index (κ1) is 15.6. The summed E-state index contributed by atoms with van der Waals surface area (Å²) in [6.45, 7) is 3.80. The van der Waals surface area contributed by atoms with Crippen LogP contribution in [-0.4, -0.2) is 14.8 Å². The molecule has 0 radical (unpaired) electrons. The minimum Gasteiger partial charge on any atom is -0.256 e. The highest BCUT2D eigenvalue weighted by atomic mass is 19.1. The van der Waals surface area contributed by atoms with Crippen molar-refractivity contribution < 1.29 is 4.39 Å². The summed E-state index contributed by atoms with van der Waals surface area (Å²) in [5, 5.41) is 14.0. The largest absolute Gasteiger partial charge is 0.256 e. The second kappa shape index (κ2) is 6.47. The van der Waals surface area contributed by atoms with Gasteiger partial charge in [0.15, 0.2) is 0 Å². The summed E-state index contributed by atoms with van der Waals surface area (Å²) < 4.78 is 14.9. The average molecular weight is 318 g/mol. The molecule has 0 saturated carbocycles. The third kappa shape index (κ3) is 2.95. The first-order valence-electron chi connectivity index (χ1n) is 7.45. The number of aryl methyl sites for hydroxylation is 1. The maximum Gasteiger partial charge on any atom is 0.123 e. The fraction of sp³-hybridized carbons (Fsp3) is 0.105. The first-order chi connectivity index (χ1) is 11.6. The van der Waals surface area contributed by atoms with E-state index in [0.717, 1.165) is 22.6 Å². The van der Waals surface area contributed by atoms with Crippen molar-refractivity contribution in [1.29, 1.82) is 5.26 Å². The van der Waals surface area contributed by atoms with Gasteiger partial charge < -0.3 is 0 Å². The van der Waals surface area contributed by atoms with Gasteiger partial charge in [0.1, 0.15) is 11.9 Å². The lowest BCUT2D eigenvalue weighted by atomic mass is 10.1. The van der Waals surface area contributed by atoms with Gasteiger partial charge in [-0.1, -0.05) is 6.07 Å². The van der Waals surface area contributed by atoms with Crippen molar-refractivity contribution in [2.24, 2.45) is 0 Å². The lowest BCUT2D eigenvalue weighted by Crippen LogP contribution is -1.99. The van der Waals surface area contributed by atoms with Gasteiger partial charge in [0.2, 0.25) is 0 Å². The topological polar surface area (TPSA) is 54.5 Å². The molecule has 2 aromatic heterocycles. The number of allylic oxidation sites excluding steroid dienone is 1. The number of benzene rings is 1. The Labute approximate surface area is 139 Å². The number of nitriles is 1. The van der Waals surface area contributed by atoms with E-state index < -0.39 is 0 Å². The standard InChI is InChI=1S/C19H15FN4/c1-13-18(11-15(12-21)19-5-3-4-10-22-19)14(2)24(23-13)17-8-6-16(20)7-9-17/h3-11H,1-2H3. The minimum atomic E-state index is -0.290. The number of nitrogens with zero attached hydrogens (tertiary/aromatic N) is 4. The Balaban J connectivity index is 2.08. The number of halogens is 1. The zero-order chi connectivity index (χ0) is 17.1. The molecule has 0 aliphatic carbocycles. The SMILES string of the molecule is Cc1nn(-c2ccc(F)cc2)c(C)c1C=C(C#N)c1ccccn1. The van der Waals surface area contributed by atoms with Crippen LogP contribution >= 0.6 is 0 Å². The van der Waals surface area contributed by atoms with Crippen LogP contribution in [0.25, 0.3) is 17.3 Å². The molecule has 2 heterocycles. The maximum absolute atomic E-state index is 13.1. The maximum atomic E-state index is 13.1. The zero-order valence-corrected chi connectivity index (χ0v) is 13.4. The third-order valence-corrected chi connectivity index (χ3v) is 3.77. The van der Waals surface area contributed by atoms with Crippen LogP contribution in [0, 0.1) is 31.0 Å². The molecule has 4 nitrogen and oxygen atoms in total. The fourth-order valence-electron chi connectivity index (χ4n) is 2.53. The summed E-state index contributed by atoms with van der Waals surface area (Å²) in [6, 6.07) is 13.8. The Morgan fingerprint density at radius 3 is 2.54 bits per heavy atom. The number of aromatic nitrogens is 3. The molecule has 0 unspecified atom stereocenters. The molecule has 3 rings (SSSR count). The molecule has 0 saturated heterocycles. The molecule has 0 N–H and O–H groups in total. The van der Waals surface area contributed by atoms with Crippen molar-refractivity contribution in [3.05, 3.63) is 77.1 Å². The molecule has 0 fully saturated rings. The van der Waals surface area contributed by atoms with Gasteiger partial charge in [0, 0.05) is 17.5 Å². The second-order valence-corrected chi connectivity index (χ2v) is 5.36. The van der Waals surface area contributed by atoms with E-state index >= 15 is 0 Å². The van der Waals surface area contributed by atoms with E-state index in [1.165, 1.54) is 12.1 Å². The Morgan fingerprint density at radius 1 is 1.17 bits per heavy atom. The van der Waals surface area contributed by atoms with Crippen molar-refractivity contribution in [3.63, 3.8) is 0 Å². The second-order valence-electron chi connectivity index (χ2n) is 5.36. The van der Waals surface area contributed by atoms with E-state index in [2.05, 4.69) is 16.2 Å². The number of hydrogen-bond acceptors (Lipinski definition) is 3. The normalized spacial score (nSPS) is 11.3. The number of pyridine rings is 1. The van der Waals surface area contributed by atoms with Gasteiger partial charge in [0.05, 0.1) is 22.6 Å². The molecule has 118 valence electrons. The minimum absolute atomic E-state index is 0.290. The summed E-state index contributed by atoms with van der Waals surface area (Å²) in [6.07, 6.45) is 3.45. The number of hydrogen-bond donors (Lipinski definition) is 0. The lowest BCUT2D eigenvalue weighted by Gasteiger charge is -2.04. The molecule has 0 bridgehead atoms. The predicted octanol–water partition coefficient (Wildman–Crippen LogP) is 4.09. The monoisotopic (exact) mass is 318 g/mol. The van der Waals surface area contributed by atoms with Crippen molar-refractivity contribution in [3.8, 4) is 11.8 Å². The quantitative estimate of drug-likeness (QED) is 0.684. The Bertz CT molecular complexity index is 932. The van der Waals surface area contributed by atoms with Crippen LogP contribution < -0.4 is 0 Å². The molecule has 5 heteroatoms. The third-order valence-electron chi connectivity index (χ3n) is 3.77. The molecular formula is C19H15FN4.